The van der Waals surface area contributed by atoms with Gasteiger partial charge >= 0.3 is 0 Å². The highest BCUT2D eigenvalue weighted by Crippen LogP contribution is 2.35. The minimum absolute atomic E-state index is 0.243. The third-order valence-corrected chi connectivity index (χ3v) is 5.13. The van der Waals surface area contributed by atoms with Crippen molar-refractivity contribution in [1.82, 2.24) is 14.8 Å². The average molecular weight is 386 g/mol. The Hall–Kier alpha value is -3.87. The fraction of sp³-hybridized carbons (Fsp3) is 0.0909. The second-order valence-electron chi connectivity index (χ2n) is 6.95. The molecule has 2 amide bonds. The summed E-state index contributed by atoms with van der Waals surface area (Å²) < 4.78 is 15.2. The lowest BCUT2D eigenvalue weighted by atomic mass is 10.1. The molecule has 0 bridgehead atoms. The molecule has 0 fully saturated rings. The van der Waals surface area contributed by atoms with Crippen LogP contribution >= 0.6 is 0 Å². The Bertz CT molecular complexity index is 1340. The van der Waals surface area contributed by atoms with E-state index in [0.29, 0.717) is 28.1 Å². The number of pyridine rings is 1. The van der Waals surface area contributed by atoms with Crippen molar-refractivity contribution in [3.05, 3.63) is 82.9 Å². The summed E-state index contributed by atoms with van der Waals surface area (Å²) in [6.07, 6.45) is 1.40. The van der Waals surface area contributed by atoms with Crippen LogP contribution in [0.3, 0.4) is 0 Å². The van der Waals surface area contributed by atoms with Gasteiger partial charge in [0.25, 0.3) is 11.8 Å². The Kier molecular flexibility index (Phi) is 3.61. The van der Waals surface area contributed by atoms with Crippen LogP contribution in [-0.2, 0) is 0 Å². The second kappa shape index (κ2) is 6.07. The van der Waals surface area contributed by atoms with Crippen molar-refractivity contribution in [2.75, 3.05) is 4.90 Å². The van der Waals surface area contributed by atoms with Crippen molar-refractivity contribution in [2.24, 2.45) is 0 Å². The van der Waals surface area contributed by atoms with Crippen LogP contribution in [0, 0.1) is 19.7 Å². The maximum absolute atomic E-state index is 13.7. The number of aromatic nitrogens is 3. The molecule has 0 atom stereocenters. The van der Waals surface area contributed by atoms with Crippen molar-refractivity contribution in [3.63, 3.8) is 0 Å². The van der Waals surface area contributed by atoms with Gasteiger partial charge in [-0.15, -0.1) is 0 Å². The zero-order chi connectivity index (χ0) is 20.3. The molecule has 0 radical (unpaired) electrons. The van der Waals surface area contributed by atoms with E-state index in [1.807, 2.05) is 19.1 Å². The second-order valence-corrected chi connectivity index (χ2v) is 6.95. The van der Waals surface area contributed by atoms with Gasteiger partial charge < -0.3 is 0 Å². The number of hydrogen-bond donors (Lipinski definition) is 0. The Morgan fingerprint density at radius 3 is 2.52 bits per heavy atom. The predicted octanol–water partition coefficient (Wildman–Crippen LogP) is 3.98. The maximum Gasteiger partial charge on any atom is 0.267 e. The van der Waals surface area contributed by atoms with E-state index in [9.17, 15) is 14.0 Å². The highest BCUT2D eigenvalue weighted by atomic mass is 19.1. The van der Waals surface area contributed by atoms with Gasteiger partial charge in [0.1, 0.15) is 5.82 Å². The highest BCUT2D eigenvalue weighted by Gasteiger charge is 2.40. The van der Waals surface area contributed by atoms with Gasteiger partial charge in [-0.1, -0.05) is 24.3 Å². The number of rotatable bonds is 2. The Labute approximate surface area is 165 Å². The smallest absolute Gasteiger partial charge is 0.267 e. The molecule has 0 unspecified atom stereocenters. The van der Waals surface area contributed by atoms with E-state index in [-0.39, 0.29) is 11.1 Å². The van der Waals surface area contributed by atoms with Gasteiger partial charge in [0.15, 0.2) is 5.65 Å². The third kappa shape index (κ3) is 2.40. The van der Waals surface area contributed by atoms with Crippen molar-refractivity contribution in [1.29, 1.82) is 0 Å². The molecule has 5 rings (SSSR count). The van der Waals surface area contributed by atoms with Gasteiger partial charge in [-0.25, -0.2) is 19.0 Å². The molecular weight excluding hydrogens is 371 g/mol. The number of imide groups is 1. The Morgan fingerprint density at radius 1 is 0.966 bits per heavy atom. The van der Waals surface area contributed by atoms with E-state index in [2.05, 4.69) is 10.1 Å². The summed E-state index contributed by atoms with van der Waals surface area (Å²) in [6.45, 7) is 3.59. The summed E-state index contributed by atoms with van der Waals surface area (Å²) in [7, 11) is 0. The van der Waals surface area contributed by atoms with Crippen molar-refractivity contribution in [2.45, 2.75) is 13.8 Å². The number of nitrogens with zero attached hydrogens (tertiary/aromatic N) is 4. The minimum atomic E-state index is -0.411. The summed E-state index contributed by atoms with van der Waals surface area (Å²) in [5.41, 5.74) is 3.32. The number of anilines is 1. The van der Waals surface area contributed by atoms with E-state index < -0.39 is 17.6 Å². The zero-order valence-electron chi connectivity index (χ0n) is 15.7. The van der Waals surface area contributed by atoms with Crippen LogP contribution in [0.25, 0.3) is 16.7 Å². The summed E-state index contributed by atoms with van der Waals surface area (Å²) >= 11 is 0. The molecule has 6 nitrogen and oxygen atoms in total. The fourth-order valence-corrected chi connectivity index (χ4v) is 3.78. The summed E-state index contributed by atoms with van der Waals surface area (Å²) in [6, 6.07) is 13.2. The molecule has 0 saturated heterocycles. The quantitative estimate of drug-likeness (QED) is 0.489. The van der Waals surface area contributed by atoms with Crippen LogP contribution < -0.4 is 4.90 Å². The van der Waals surface area contributed by atoms with Crippen molar-refractivity contribution in [3.8, 4) is 5.69 Å². The van der Waals surface area contributed by atoms with E-state index in [1.165, 1.54) is 27.9 Å². The lowest BCUT2D eigenvalue weighted by Gasteiger charge is -2.16. The molecule has 2 aromatic heterocycles. The molecule has 0 aliphatic carbocycles. The van der Waals surface area contributed by atoms with Crippen LogP contribution in [0.4, 0.5) is 10.1 Å². The molecule has 0 saturated carbocycles. The monoisotopic (exact) mass is 386 g/mol. The highest BCUT2D eigenvalue weighted by molar-refractivity contribution is 6.37. The average Bonchev–Trinajstić information content (AvgIpc) is 3.17. The zero-order valence-corrected chi connectivity index (χ0v) is 15.7. The van der Waals surface area contributed by atoms with Crippen LogP contribution in [0.5, 0.6) is 0 Å². The van der Waals surface area contributed by atoms with Gasteiger partial charge in [-0.05, 0) is 43.7 Å². The van der Waals surface area contributed by atoms with Crippen molar-refractivity contribution < 1.29 is 14.0 Å². The molecule has 1 aliphatic rings. The first-order valence-electron chi connectivity index (χ1n) is 9.06. The largest absolute Gasteiger partial charge is 0.268 e. The molecule has 3 heterocycles. The number of carbonyl (C=O) groups excluding carboxylic acids is 2. The topological polar surface area (TPSA) is 68.1 Å². The van der Waals surface area contributed by atoms with Crippen LogP contribution in [0.2, 0.25) is 0 Å². The normalized spacial score (nSPS) is 13.4. The van der Waals surface area contributed by atoms with Gasteiger partial charge in [0.2, 0.25) is 0 Å². The van der Waals surface area contributed by atoms with Gasteiger partial charge in [-0.3, -0.25) is 9.59 Å². The SMILES string of the molecule is Cc1ccccc1N1C(=O)c2cnc3c(c(C)nn3-c3cccc(F)c3)c2C1=O. The fourth-order valence-electron chi connectivity index (χ4n) is 3.78. The van der Waals surface area contributed by atoms with Gasteiger partial charge in [0.05, 0.1) is 33.6 Å². The van der Waals surface area contributed by atoms with Crippen molar-refractivity contribution >= 4 is 28.5 Å². The summed E-state index contributed by atoms with van der Waals surface area (Å²) in [5, 5.41) is 4.96. The van der Waals surface area contributed by atoms with E-state index in [4.69, 9.17) is 0 Å². The maximum atomic E-state index is 13.7. The number of fused-ring (bicyclic) bond motifs is 3. The standard InChI is InChI=1S/C22H15FN4O2/c1-12-6-3-4-9-17(12)26-21(28)16-11-24-20-18(19(16)22(26)29)13(2)25-27(20)15-8-5-7-14(23)10-15/h3-11H,1-2H3. The van der Waals surface area contributed by atoms with Crippen LogP contribution in [0.1, 0.15) is 32.0 Å². The number of amides is 2. The molecular formula is C22H15FN4O2. The lowest BCUT2D eigenvalue weighted by molar-refractivity contribution is 0.0926. The van der Waals surface area contributed by atoms with Gasteiger partial charge in [0, 0.05) is 6.20 Å². The number of benzene rings is 2. The molecule has 4 aromatic rings. The molecule has 7 heteroatoms. The molecule has 2 aromatic carbocycles. The van der Waals surface area contributed by atoms with Gasteiger partial charge in [-0.2, -0.15) is 5.10 Å². The van der Waals surface area contributed by atoms with Crippen LogP contribution in [0.15, 0.2) is 54.7 Å². The summed E-state index contributed by atoms with van der Waals surface area (Å²) in [4.78, 5) is 31.9. The number of aryl methyl sites for hydroxylation is 2. The molecule has 142 valence electrons. The minimum Gasteiger partial charge on any atom is -0.268 e. The molecule has 0 spiro atoms. The predicted molar refractivity (Wildman–Crippen MR) is 106 cm³/mol. The Morgan fingerprint density at radius 2 is 1.76 bits per heavy atom. The Balaban J connectivity index is 1.74. The third-order valence-electron chi connectivity index (χ3n) is 5.13. The molecule has 0 N–H and O–H groups in total. The number of hydrogen-bond acceptors (Lipinski definition) is 4. The first-order valence-corrected chi connectivity index (χ1v) is 9.06. The number of halogens is 1. The van der Waals surface area contributed by atoms with E-state index in [0.717, 1.165) is 5.56 Å². The lowest BCUT2D eigenvalue weighted by Crippen LogP contribution is -2.30. The van der Waals surface area contributed by atoms with E-state index >= 15 is 0 Å². The molecule has 1 aliphatic heterocycles. The van der Waals surface area contributed by atoms with Crippen LogP contribution in [-0.4, -0.2) is 26.6 Å². The first-order chi connectivity index (χ1) is 14.0. The van der Waals surface area contributed by atoms with E-state index in [1.54, 1.807) is 31.2 Å². The number of carbonyl (C=O) groups is 2. The molecule has 29 heavy (non-hydrogen) atoms. The number of para-hydroxylation sites is 1. The summed E-state index contributed by atoms with van der Waals surface area (Å²) in [5.74, 6) is -1.22. The first kappa shape index (κ1) is 17.2.